The predicted molar refractivity (Wildman–Crippen MR) is 54.4 cm³/mol. The van der Waals surface area contributed by atoms with E-state index < -0.39 is 0 Å². The Morgan fingerprint density at radius 2 is 1.69 bits per heavy atom. The molecule has 1 aliphatic heterocycles. The summed E-state index contributed by atoms with van der Waals surface area (Å²) in [5.74, 6) is 2.22. The van der Waals surface area contributed by atoms with Crippen LogP contribution in [0.3, 0.4) is 0 Å². The third-order valence-corrected chi connectivity index (χ3v) is 3.50. The van der Waals surface area contributed by atoms with Crippen molar-refractivity contribution in [2.45, 2.75) is 46.5 Å². The number of epoxide rings is 1. The van der Waals surface area contributed by atoms with E-state index in [2.05, 4.69) is 20.8 Å². The molecule has 0 unspecified atom stereocenters. The molecule has 1 saturated heterocycles. The van der Waals surface area contributed by atoms with E-state index >= 15 is 0 Å². The summed E-state index contributed by atoms with van der Waals surface area (Å²) < 4.78 is 5.25. The van der Waals surface area contributed by atoms with Crippen LogP contribution in [0.4, 0.5) is 0 Å². The molecule has 0 amide bonds. The van der Waals surface area contributed by atoms with Gasteiger partial charge in [-0.1, -0.05) is 20.8 Å². The second-order valence-electron chi connectivity index (χ2n) is 5.46. The third-order valence-electron chi connectivity index (χ3n) is 3.50. The molecular formula is C12H20O. The molecule has 0 bridgehead atoms. The summed E-state index contributed by atoms with van der Waals surface area (Å²) in [5, 5.41) is 0. The van der Waals surface area contributed by atoms with Gasteiger partial charge in [-0.2, -0.15) is 0 Å². The minimum Gasteiger partial charge on any atom is -0.486 e. The molecule has 0 aromatic carbocycles. The van der Waals surface area contributed by atoms with Gasteiger partial charge in [-0.05, 0) is 42.6 Å². The Labute approximate surface area is 81.2 Å². The van der Waals surface area contributed by atoms with Gasteiger partial charge >= 0.3 is 0 Å². The fraction of sp³-hybridized carbons (Fsp3) is 0.833. The van der Waals surface area contributed by atoms with E-state index in [9.17, 15) is 0 Å². The molecule has 1 heteroatoms. The zero-order valence-electron chi connectivity index (χ0n) is 9.02. The van der Waals surface area contributed by atoms with Crippen molar-refractivity contribution in [2.75, 3.05) is 6.61 Å². The Morgan fingerprint density at radius 3 is 2.08 bits per heavy atom. The molecule has 1 saturated carbocycles. The summed E-state index contributed by atoms with van der Waals surface area (Å²) in [6, 6.07) is 0. The number of allylic oxidation sites excluding steroid dienone is 1. The predicted octanol–water partition coefficient (Wildman–Crippen LogP) is 3.51. The first-order chi connectivity index (χ1) is 6.07. The molecule has 0 aromatic rings. The molecule has 1 heterocycles. The average Bonchev–Trinajstić information content (AvgIpc) is 2.85. The van der Waals surface area contributed by atoms with Gasteiger partial charge in [-0.3, -0.25) is 0 Å². The molecule has 2 fully saturated rings. The fourth-order valence-electron chi connectivity index (χ4n) is 2.35. The first kappa shape index (κ1) is 9.11. The van der Waals surface area contributed by atoms with Crippen molar-refractivity contribution in [1.29, 1.82) is 0 Å². The van der Waals surface area contributed by atoms with E-state index in [1.807, 2.05) is 0 Å². The van der Waals surface area contributed by atoms with Crippen molar-refractivity contribution in [3.05, 3.63) is 11.3 Å². The van der Waals surface area contributed by atoms with Crippen molar-refractivity contribution < 1.29 is 4.74 Å². The summed E-state index contributed by atoms with van der Waals surface area (Å²) >= 11 is 0. The lowest BCUT2D eigenvalue weighted by molar-refractivity contribution is 0.196. The van der Waals surface area contributed by atoms with Crippen LogP contribution in [0.1, 0.15) is 46.5 Å². The maximum absolute atomic E-state index is 5.25. The summed E-state index contributed by atoms with van der Waals surface area (Å²) in [6.45, 7) is 8.02. The van der Waals surface area contributed by atoms with Crippen LogP contribution in [0.15, 0.2) is 11.3 Å². The van der Waals surface area contributed by atoms with Crippen molar-refractivity contribution in [3.8, 4) is 0 Å². The van der Waals surface area contributed by atoms with Gasteiger partial charge in [0.05, 0.1) is 0 Å². The molecule has 13 heavy (non-hydrogen) atoms. The van der Waals surface area contributed by atoms with Gasteiger partial charge in [0.15, 0.2) is 0 Å². The lowest BCUT2D eigenvalue weighted by Gasteiger charge is -2.34. The van der Waals surface area contributed by atoms with Gasteiger partial charge in [-0.15, -0.1) is 0 Å². The largest absolute Gasteiger partial charge is 0.486 e. The zero-order chi connectivity index (χ0) is 9.47. The molecular weight excluding hydrogens is 160 g/mol. The quantitative estimate of drug-likeness (QED) is 0.520. The van der Waals surface area contributed by atoms with Gasteiger partial charge in [0.1, 0.15) is 12.4 Å². The Morgan fingerprint density at radius 1 is 1.15 bits per heavy atom. The Hall–Kier alpha value is -0.460. The van der Waals surface area contributed by atoms with Gasteiger partial charge in [-0.25, -0.2) is 0 Å². The van der Waals surface area contributed by atoms with Gasteiger partial charge in [0.2, 0.25) is 0 Å². The lowest BCUT2D eigenvalue weighted by atomic mass is 9.71. The van der Waals surface area contributed by atoms with E-state index in [0.717, 1.165) is 12.5 Å². The van der Waals surface area contributed by atoms with Crippen molar-refractivity contribution >= 4 is 0 Å². The lowest BCUT2D eigenvalue weighted by Crippen LogP contribution is -2.23. The van der Waals surface area contributed by atoms with Crippen LogP contribution >= 0.6 is 0 Å². The third kappa shape index (κ3) is 2.07. The van der Waals surface area contributed by atoms with Crippen LogP contribution < -0.4 is 0 Å². The summed E-state index contributed by atoms with van der Waals surface area (Å²) in [4.78, 5) is 0. The molecule has 1 nitrogen and oxygen atoms in total. The molecule has 0 atom stereocenters. The van der Waals surface area contributed by atoms with Gasteiger partial charge in [0.25, 0.3) is 0 Å². The molecule has 0 radical (unpaired) electrons. The van der Waals surface area contributed by atoms with Crippen LogP contribution in [0, 0.1) is 11.3 Å². The monoisotopic (exact) mass is 180 g/mol. The zero-order valence-corrected chi connectivity index (χ0v) is 9.02. The van der Waals surface area contributed by atoms with E-state index in [-0.39, 0.29) is 0 Å². The molecule has 1 aliphatic carbocycles. The highest BCUT2D eigenvalue weighted by Crippen LogP contribution is 2.41. The van der Waals surface area contributed by atoms with Crippen molar-refractivity contribution in [1.82, 2.24) is 0 Å². The Balaban J connectivity index is 1.93. The minimum atomic E-state index is 0.501. The van der Waals surface area contributed by atoms with Crippen molar-refractivity contribution in [2.24, 2.45) is 11.3 Å². The summed E-state index contributed by atoms with van der Waals surface area (Å²) in [5.41, 5.74) is 2.11. The second-order valence-corrected chi connectivity index (χ2v) is 5.46. The number of hydrogen-bond donors (Lipinski definition) is 0. The molecule has 0 spiro atoms. The van der Waals surface area contributed by atoms with Crippen molar-refractivity contribution in [3.63, 3.8) is 0 Å². The Bertz CT molecular complexity index is 216. The minimum absolute atomic E-state index is 0.501. The highest BCUT2D eigenvalue weighted by atomic mass is 16.6. The molecule has 2 aliphatic rings. The summed E-state index contributed by atoms with van der Waals surface area (Å²) in [6.07, 6.45) is 5.31. The van der Waals surface area contributed by atoms with Crippen LogP contribution in [0.25, 0.3) is 0 Å². The molecule has 2 rings (SSSR count). The van der Waals surface area contributed by atoms with Crippen LogP contribution in [0.5, 0.6) is 0 Å². The SMILES string of the molecule is CC(C)(C)C1CCC(=C2CO2)CC1. The molecule has 0 N–H and O–H groups in total. The highest BCUT2D eigenvalue weighted by Gasteiger charge is 2.30. The number of hydrogen-bond acceptors (Lipinski definition) is 1. The van der Waals surface area contributed by atoms with E-state index in [4.69, 9.17) is 4.74 Å². The maximum Gasteiger partial charge on any atom is 0.145 e. The normalized spacial score (nSPS) is 28.7. The Kier molecular flexibility index (Phi) is 2.13. The second kappa shape index (κ2) is 3.04. The highest BCUT2D eigenvalue weighted by molar-refractivity contribution is 5.18. The number of ether oxygens (including phenoxy) is 1. The standard InChI is InChI=1S/C12H20O/c1-12(2,3)10-6-4-9(5-7-10)11-8-13-11/h10H,4-8H2,1-3H3. The maximum atomic E-state index is 5.25. The van der Waals surface area contributed by atoms with E-state index in [1.54, 1.807) is 5.57 Å². The smallest absolute Gasteiger partial charge is 0.145 e. The van der Waals surface area contributed by atoms with E-state index in [1.165, 1.54) is 31.4 Å². The van der Waals surface area contributed by atoms with Crippen LogP contribution in [-0.4, -0.2) is 6.61 Å². The first-order valence-corrected chi connectivity index (χ1v) is 5.41. The van der Waals surface area contributed by atoms with Crippen LogP contribution in [0.2, 0.25) is 0 Å². The van der Waals surface area contributed by atoms with E-state index in [0.29, 0.717) is 5.41 Å². The average molecular weight is 180 g/mol. The molecule has 74 valence electrons. The first-order valence-electron chi connectivity index (χ1n) is 5.41. The number of rotatable bonds is 0. The molecule has 0 aromatic heterocycles. The summed E-state index contributed by atoms with van der Waals surface area (Å²) in [7, 11) is 0. The van der Waals surface area contributed by atoms with Gasteiger partial charge < -0.3 is 4.74 Å². The fourth-order valence-corrected chi connectivity index (χ4v) is 2.35. The topological polar surface area (TPSA) is 12.5 Å². The van der Waals surface area contributed by atoms with Crippen LogP contribution in [-0.2, 0) is 4.74 Å². The van der Waals surface area contributed by atoms with Gasteiger partial charge in [0, 0.05) is 0 Å².